The number of hydrogen-bond acceptors (Lipinski definition) is 6. The van der Waals surface area contributed by atoms with Crippen LogP contribution in [-0.4, -0.2) is 79.9 Å². The molecule has 28 heavy (non-hydrogen) atoms. The lowest BCUT2D eigenvalue weighted by molar-refractivity contribution is -0.137. The summed E-state index contributed by atoms with van der Waals surface area (Å²) in [7, 11) is -0.655. The van der Waals surface area contributed by atoms with E-state index in [1.807, 2.05) is 0 Å². The Morgan fingerprint density at radius 1 is 1.14 bits per heavy atom. The molecule has 1 saturated heterocycles. The van der Waals surface area contributed by atoms with Gasteiger partial charge in [0.05, 0.1) is 25.4 Å². The van der Waals surface area contributed by atoms with E-state index in [0.29, 0.717) is 5.56 Å². The summed E-state index contributed by atoms with van der Waals surface area (Å²) >= 11 is 0. The van der Waals surface area contributed by atoms with Crippen LogP contribution in [0.25, 0.3) is 0 Å². The maximum Gasteiger partial charge on any atom is 0.416 e. The minimum Gasteiger partial charge on any atom is -1.00 e. The van der Waals surface area contributed by atoms with Crippen molar-refractivity contribution in [2.75, 3.05) is 24.7 Å². The summed E-state index contributed by atoms with van der Waals surface area (Å²) < 4.78 is 43.1. The Balaban J connectivity index is 0.00000392. The van der Waals surface area contributed by atoms with E-state index in [4.69, 9.17) is 4.74 Å². The lowest BCUT2D eigenvalue weighted by Gasteiger charge is -2.22. The molecule has 1 aliphatic heterocycles. The third kappa shape index (κ3) is 6.46. The van der Waals surface area contributed by atoms with Gasteiger partial charge in [-0.2, -0.15) is 13.2 Å². The molecule has 1 aliphatic rings. The zero-order valence-electron chi connectivity index (χ0n) is 14.8. The second kappa shape index (κ2) is 11.0. The molecule has 0 radical (unpaired) electrons. The molecule has 0 spiro atoms. The topological polar surface area (TPSA) is 110 Å². The summed E-state index contributed by atoms with van der Waals surface area (Å²) in [6.45, 7) is -0.930. The number of rotatable bonds is 8. The molecule has 0 saturated carbocycles. The van der Waals surface area contributed by atoms with E-state index >= 15 is 0 Å². The van der Waals surface area contributed by atoms with Gasteiger partial charge in [0.1, 0.15) is 35.9 Å². The smallest absolute Gasteiger partial charge is 0.416 e. The van der Waals surface area contributed by atoms with Crippen molar-refractivity contribution in [2.24, 2.45) is 0 Å². The quantitative estimate of drug-likeness (QED) is 0.266. The first kappa shape index (κ1) is 25.4. The van der Waals surface area contributed by atoms with Crippen LogP contribution in [0.15, 0.2) is 24.3 Å². The molecular formula is C17H24ClF3O6S. The summed E-state index contributed by atoms with van der Waals surface area (Å²) in [6.07, 6.45) is -8.55. The highest BCUT2D eigenvalue weighted by Gasteiger charge is 2.50. The molecule has 1 aromatic carbocycles. The van der Waals surface area contributed by atoms with Gasteiger partial charge in [-0.1, -0.05) is 12.1 Å². The Hall–Kier alpha value is -0.590. The molecule has 5 N–H and O–H groups in total. The number of aliphatic hydroxyl groups is 5. The zero-order chi connectivity index (χ0) is 20.2. The van der Waals surface area contributed by atoms with E-state index in [1.54, 1.807) is 0 Å². The maximum atomic E-state index is 12.6. The average molecular weight is 449 g/mol. The summed E-state index contributed by atoms with van der Waals surface area (Å²) in [5, 5.41) is 48.1. The molecule has 2 unspecified atom stereocenters. The summed E-state index contributed by atoms with van der Waals surface area (Å²) in [5.74, 6) is 0.359. The minimum absolute atomic E-state index is 0. The fourth-order valence-electron chi connectivity index (χ4n) is 2.90. The fraction of sp³-hybridized carbons (Fsp3) is 0.647. The molecule has 0 amide bonds. The standard InChI is InChI=1S/C17H24F3O6S.ClH/c18-17(19,20)11-3-1-10(2-4-11)7-26-14(5-21)12(23)8-27-9-13(24)16(25)15(27)6-22;/h1-4,12-16,21-25H,5-9H2;1H/q+1;/p-1/t12?,13-,14+,15-,16+,27?;/m1./s1. The zero-order valence-corrected chi connectivity index (χ0v) is 16.4. The Morgan fingerprint density at radius 3 is 2.25 bits per heavy atom. The molecule has 0 aliphatic carbocycles. The van der Waals surface area contributed by atoms with Crippen molar-refractivity contribution >= 4 is 10.9 Å². The van der Waals surface area contributed by atoms with Gasteiger partial charge >= 0.3 is 6.18 Å². The Bertz CT molecular complexity index is 591. The van der Waals surface area contributed by atoms with E-state index in [-0.39, 0.29) is 37.1 Å². The SMILES string of the molecule is OC[C@H](OCc1ccc(C(F)(F)F)cc1)C(O)C[S+]1C[C@@H](O)[C@H](O)[C@H]1CO.[Cl-]. The first-order valence-electron chi connectivity index (χ1n) is 8.37. The van der Waals surface area contributed by atoms with Crippen LogP contribution in [0, 0.1) is 0 Å². The van der Waals surface area contributed by atoms with Crippen LogP contribution in [0.3, 0.4) is 0 Å². The van der Waals surface area contributed by atoms with Gasteiger partial charge in [0.2, 0.25) is 0 Å². The van der Waals surface area contributed by atoms with Crippen LogP contribution in [0.1, 0.15) is 11.1 Å². The van der Waals surface area contributed by atoms with Gasteiger partial charge in [0, 0.05) is 10.9 Å². The van der Waals surface area contributed by atoms with Gasteiger partial charge in [-0.05, 0) is 17.7 Å². The normalized spacial score (nSPS) is 27.3. The summed E-state index contributed by atoms with van der Waals surface area (Å²) in [5.41, 5.74) is -0.323. The first-order valence-corrected chi connectivity index (χ1v) is 10.00. The highest BCUT2D eigenvalue weighted by atomic mass is 35.5. The van der Waals surface area contributed by atoms with Gasteiger partial charge in [0.15, 0.2) is 5.25 Å². The highest BCUT2D eigenvalue weighted by molar-refractivity contribution is 7.97. The molecule has 162 valence electrons. The van der Waals surface area contributed by atoms with Crippen molar-refractivity contribution in [3.63, 3.8) is 0 Å². The predicted octanol–water partition coefficient (Wildman–Crippen LogP) is -3.34. The lowest BCUT2D eigenvalue weighted by atomic mass is 10.1. The minimum atomic E-state index is -4.43. The Morgan fingerprint density at radius 2 is 1.75 bits per heavy atom. The summed E-state index contributed by atoms with van der Waals surface area (Å²) in [6, 6.07) is 4.38. The van der Waals surface area contributed by atoms with Gasteiger partial charge in [0.25, 0.3) is 0 Å². The van der Waals surface area contributed by atoms with Crippen molar-refractivity contribution in [3.8, 4) is 0 Å². The van der Waals surface area contributed by atoms with Crippen molar-refractivity contribution in [3.05, 3.63) is 35.4 Å². The number of alkyl halides is 3. The monoisotopic (exact) mass is 448 g/mol. The number of hydrogen-bond donors (Lipinski definition) is 5. The van der Waals surface area contributed by atoms with Crippen LogP contribution in [-0.2, 0) is 28.4 Å². The second-order valence-electron chi connectivity index (χ2n) is 6.44. The van der Waals surface area contributed by atoms with E-state index in [9.17, 15) is 38.7 Å². The molecule has 0 aromatic heterocycles. The van der Waals surface area contributed by atoms with E-state index in [2.05, 4.69) is 0 Å². The molecule has 6 atom stereocenters. The van der Waals surface area contributed by atoms with Gasteiger partial charge in [-0.3, -0.25) is 0 Å². The van der Waals surface area contributed by atoms with E-state index in [0.717, 1.165) is 12.1 Å². The van der Waals surface area contributed by atoms with Crippen LogP contribution in [0.2, 0.25) is 0 Å². The van der Waals surface area contributed by atoms with E-state index < -0.39 is 58.9 Å². The fourth-order valence-corrected chi connectivity index (χ4v) is 5.60. The van der Waals surface area contributed by atoms with Crippen LogP contribution in [0.5, 0.6) is 0 Å². The number of ether oxygens (including phenoxy) is 1. The van der Waals surface area contributed by atoms with E-state index in [1.165, 1.54) is 12.1 Å². The maximum absolute atomic E-state index is 12.6. The van der Waals surface area contributed by atoms with Crippen LogP contribution >= 0.6 is 0 Å². The highest BCUT2D eigenvalue weighted by Crippen LogP contribution is 2.29. The van der Waals surface area contributed by atoms with Gasteiger partial charge < -0.3 is 42.7 Å². The molecular weight excluding hydrogens is 425 g/mol. The molecule has 11 heteroatoms. The largest absolute Gasteiger partial charge is 1.00 e. The molecule has 1 heterocycles. The first-order chi connectivity index (χ1) is 12.7. The third-order valence-electron chi connectivity index (χ3n) is 4.51. The second-order valence-corrected chi connectivity index (χ2v) is 8.79. The summed E-state index contributed by atoms with van der Waals surface area (Å²) in [4.78, 5) is 0. The molecule has 0 bridgehead atoms. The van der Waals surface area contributed by atoms with Crippen LogP contribution < -0.4 is 12.4 Å². The lowest BCUT2D eigenvalue weighted by Crippen LogP contribution is -3.00. The van der Waals surface area contributed by atoms with Crippen LogP contribution in [0.4, 0.5) is 13.2 Å². The molecule has 6 nitrogen and oxygen atoms in total. The number of benzene rings is 1. The average Bonchev–Trinajstić information content (AvgIpc) is 2.88. The van der Waals surface area contributed by atoms with Crippen molar-refractivity contribution < 1.29 is 55.8 Å². The number of halogens is 4. The number of aliphatic hydroxyl groups excluding tert-OH is 5. The molecule has 1 fully saturated rings. The third-order valence-corrected chi connectivity index (χ3v) is 7.33. The van der Waals surface area contributed by atoms with Crippen molar-refractivity contribution in [1.82, 2.24) is 0 Å². The Kier molecular flexibility index (Phi) is 9.98. The van der Waals surface area contributed by atoms with Crippen molar-refractivity contribution in [2.45, 2.75) is 42.4 Å². The molecule has 2 rings (SSSR count). The van der Waals surface area contributed by atoms with Gasteiger partial charge in [-0.25, -0.2) is 0 Å². The predicted molar refractivity (Wildman–Crippen MR) is 93.1 cm³/mol. The van der Waals surface area contributed by atoms with Crippen molar-refractivity contribution in [1.29, 1.82) is 0 Å². The van der Waals surface area contributed by atoms with Gasteiger partial charge in [-0.15, -0.1) is 0 Å². The molecule has 1 aromatic rings. The Labute approximate surface area is 169 Å².